The van der Waals surface area contributed by atoms with Crippen LogP contribution in [0.25, 0.3) is 0 Å². The molecule has 0 aliphatic heterocycles. The molecule has 0 aliphatic rings. The van der Waals surface area contributed by atoms with Gasteiger partial charge in [-0.25, -0.2) is 4.79 Å². The van der Waals surface area contributed by atoms with E-state index in [-0.39, 0.29) is 30.2 Å². The van der Waals surface area contributed by atoms with Crippen LogP contribution in [-0.4, -0.2) is 37.4 Å². The van der Waals surface area contributed by atoms with Gasteiger partial charge in [0.05, 0.1) is 19.8 Å². The van der Waals surface area contributed by atoms with Gasteiger partial charge >= 0.3 is 5.97 Å². The quantitative estimate of drug-likeness (QED) is 0.772. The number of benzene rings is 1. The third kappa shape index (κ3) is 4.91. The van der Waals surface area contributed by atoms with Crippen LogP contribution < -0.4 is 10.1 Å². The minimum absolute atomic E-state index is 0.0393. The molecule has 0 saturated heterocycles. The van der Waals surface area contributed by atoms with E-state index in [0.29, 0.717) is 12.2 Å². The van der Waals surface area contributed by atoms with Gasteiger partial charge in [-0.15, -0.1) is 0 Å². The maximum absolute atomic E-state index is 11.9. The maximum Gasteiger partial charge on any atom is 0.341 e. The number of ether oxygens (including phenoxy) is 2. The Kier molecular flexibility index (Phi) is 6.39. The zero-order valence-electron chi connectivity index (χ0n) is 12.4. The van der Waals surface area contributed by atoms with Gasteiger partial charge in [0.2, 0.25) is 0 Å². The maximum atomic E-state index is 11.9. The van der Waals surface area contributed by atoms with Crippen LogP contribution in [0.15, 0.2) is 18.2 Å². The predicted molar refractivity (Wildman–Crippen MR) is 76.6 cm³/mol. The lowest BCUT2D eigenvalue weighted by Gasteiger charge is -2.11. The average molecular weight is 293 g/mol. The highest BCUT2D eigenvalue weighted by molar-refractivity contribution is 5.99. The van der Waals surface area contributed by atoms with Crippen LogP contribution >= 0.6 is 0 Å². The number of nitrogens with one attached hydrogen (secondary N) is 1. The van der Waals surface area contributed by atoms with E-state index >= 15 is 0 Å². The van der Waals surface area contributed by atoms with E-state index in [1.807, 2.05) is 0 Å². The first-order valence-corrected chi connectivity index (χ1v) is 6.71. The summed E-state index contributed by atoms with van der Waals surface area (Å²) in [5, 5.41) is 2.48. The minimum atomic E-state index is -0.503. The Bertz CT molecular complexity index is 539. The fraction of sp³-hybridized carbons (Fsp3) is 0.400. The lowest BCUT2D eigenvalue weighted by molar-refractivity contribution is -0.116. The number of hydrogen-bond acceptors (Lipinski definition) is 5. The van der Waals surface area contributed by atoms with Gasteiger partial charge in [-0.2, -0.15) is 0 Å². The highest BCUT2D eigenvalue weighted by Gasteiger charge is 2.16. The predicted octanol–water partition coefficient (Wildman–Crippen LogP) is 1.58. The fourth-order valence-electron chi connectivity index (χ4n) is 1.62. The van der Waals surface area contributed by atoms with Crippen molar-refractivity contribution in [2.75, 3.05) is 19.8 Å². The molecule has 0 aromatic heterocycles. The van der Waals surface area contributed by atoms with Crippen LogP contribution in [0.2, 0.25) is 0 Å². The molecule has 0 bridgehead atoms. The van der Waals surface area contributed by atoms with Gasteiger partial charge in [-0.1, -0.05) is 0 Å². The highest BCUT2D eigenvalue weighted by Crippen LogP contribution is 2.21. The molecule has 0 spiro atoms. The number of amides is 1. The molecular formula is C15H19NO5. The number of carbonyl (C=O) groups excluding carboxylic acids is 3. The molecule has 1 N–H and O–H groups in total. The summed E-state index contributed by atoms with van der Waals surface area (Å²) >= 11 is 0. The van der Waals surface area contributed by atoms with Gasteiger partial charge in [0.1, 0.15) is 17.1 Å². The first-order valence-electron chi connectivity index (χ1n) is 6.71. The van der Waals surface area contributed by atoms with Crippen molar-refractivity contribution in [3.05, 3.63) is 29.3 Å². The number of esters is 1. The van der Waals surface area contributed by atoms with Crippen LogP contribution in [0.5, 0.6) is 5.75 Å². The first-order chi connectivity index (χ1) is 9.99. The molecule has 1 aromatic rings. The normalized spacial score (nSPS) is 9.86. The van der Waals surface area contributed by atoms with Crippen LogP contribution in [0.3, 0.4) is 0 Å². The summed E-state index contributed by atoms with van der Waals surface area (Å²) in [5.74, 6) is -0.763. The molecule has 0 fully saturated rings. The summed E-state index contributed by atoms with van der Waals surface area (Å²) in [6.45, 7) is 5.44. The summed E-state index contributed by atoms with van der Waals surface area (Å²) in [6.07, 6.45) is 0. The Morgan fingerprint density at radius 3 is 2.43 bits per heavy atom. The van der Waals surface area contributed by atoms with Gasteiger partial charge in [-0.05, 0) is 39.0 Å². The molecule has 0 saturated carbocycles. The van der Waals surface area contributed by atoms with E-state index in [0.717, 1.165) is 0 Å². The topological polar surface area (TPSA) is 81.7 Å². The van der Waals surface area contributed by atoms with Crippen molar-refractivity contribution >= 4 is 17.7 Å². The number of Topliss-reactive ketones (excluding diaryl/α,β-unsaturated/α-hetero) is 1. The average Bonchev–Trinajstić information content (AvgIpc) is 2.45. The zero-order chi connectivity index (χ0) is 15.8. The second kappa shape index (κ2) is 8.04. The lowest BCUT2D eigenvalue weighted by atomic mass is 10.1. The summed E-state index contributed by atoms with van der Waals surface area (Å²) in [7, 11) is 0. The number of carbonyl (C=O) groups is 3. The Labute approximate surface area is 123 Å². The number of ketones is 1. The lowest BCUT2D eigenvalue weighted by Crippen LogP contribution is -2.28. The van der Waals surface area contributed by atoms with Crippen LogP contribution in [0, 0.1) is 0 Å². The molecule has 1 aromatic carbocycles. The number of rotatable bonds is 7. The third-order valence-corrected chi connectivity index (χ3v) is 2.54. The molecule has 0 unspecified atom stereocenters. The fourth-order valence-corrected chi connectivity index (χ4v) is 1.62. The monoisotopic (exact) mass is 293 g/mol. The van der Waals surface area contributed by atoms with Gasteiger partial charge in [0.25, 0.3) is 5.91 Å². The second-order valence-corrected chi connectivity index (χ2v) is 4.25. The van der Waals surface area contributed by atoms with E-state index in [1.165, 1.54) is 25.1 Å². The Hall–Kier alpha value is -2.37. The van der Waals surface area contributed by atoms with Crippen LogP contribution in [-0.2, 0) is 9.53 Å². The Morgan fingerprint density at radius 2 is 1.86 bits per heavy atom. The molecule has 21 heavy (non-hydrogen) atoms. The molecule has 0 heterocycles. The van der Waals surface area contributed by atoms with Gasteiger partial charge in [0, 0.05) is 5.56 Å². The summed E-state index contributed by atoms with van der Waals surface area (Å²) in [5.41, 5.74) is 0.578. The van der Waals surface area contributed by atoms with Crippen molar-refractivity contribution < 1.29 is 23.9 Å². The van der Waals surface area contributed by atoms with Gasteiger partial charge in [-0.3, -0.25) is 9.59 Å². The van der Waals surface area contributed by atoms with E-state index in [4.69, 9.17) is 9.47 Å². The minimum Gasteiger partial charge on any atom is -0.493 e. The Morgan fingerprint density at radius 1 is 1.14 bits per heavy atom. The summed E-state index contributed by atoms with van der Waals surface area (Å²) in [6, 6.07) is 4.43. The van der Waals surface area contributed by atoms with Crippen molar-refractivity contribution in [2.24, 2.45) is 0 Å². The van der Waals surface area contributed by atoms with E-state index in [2.05, 4.69) is 5.32 Å². The standard InChI is InChI=1S/C15H19NO5/c1-4-20-13-8-11(14(18)16-9-10(3)17)6-7-12(13)15(19)21-5-2/h6-8H,4-5,9H2,1-3H3,(H,16,18). The SMILES string of the molecule is CCOC(=O)c1ccc(C(=O)NCC(C)=O)cc1OCC. The third-order valence-electron chi connectivity index (χ3n) is 2.54. The molecule has 114 valence electrons. The van der Waals surface area contributed by atoms with Crippen molar-refractivity contribution in [1.82, 2.24) is 5.32 Å². The smallest absolute Gasteiger partial charge is 0.341 e. The van der Waals surface area contributed by atoms with Crippen molar-refractivity contribution in [3.63, 3.8) is 0 Å². The molecule has 6 heteroatoms. The van der Waals surface area contributed by atoms with Crippen molar-refractivity contribution in [2.45, 2.75) is 20.8 Å². The molecular weight excluding hydrogens is 274 g/mol. The first kappa shape index (κ1) is 16.7. The van der Waals surface area contributed by atoms with Crippen LogP contribution in [0.1, 0.15) is 41.5 Å². The van der Waals surface area contributed by atoms with Crippen molar-refractivity contribution in [1.29, 1.82) is 0 Å². The number of hydrogen-bond donors (Lipinski definition) is 1. The van der Waals surface area contributed by atoms with Gasteiger partial charge in [0.15, 0.2) is 0 Å². The van der Waals surface area contributed by atoms with Gasteiger partial charge < -0.3 is 14.8 Å². The van der Waals surface area contributed by atoms with E-state index in [9.17, 15) is 14.4 Å². The largest absolute Gasteiger partial charge is 0.493 e. The van der Waals surface area contributed by atoms with E-state index < -0.39 is 11.9 Å². The zero-order valence-corrected chi connectivity index (χ0v) is 12.4. The Balaban J connectivity index is 2.99. The van der Waals surface area contributed by atoms with Crippen molar-refractivity contribution in [3.8, 4) is 5.75 Å². The molecule has 1 rings (SSSR count). The van der Waals surface area contributed by atoms with E-state index in [1.54, 1.807) is 13.8 Å². The molecule has 6 nitrogen and oxygen atoms in total. The second-order valence-electron chi connectivity index (χ2n) is 4.25. The summed E-state index contributed by atoms with van der Waals surface area (Å²) in [4.78, 5) is 34.5. The molecule has 0 aliphatic carbocycles. The summed E-state index contributed by atoms with van der Waals surface area (Å²) < 4.78 is 10.3. The highest BCUT2D eigenvalue weighted by atomic mass is 16.5. The molecule has 0 atom stereocenters. The molecule has 1 amide bonds. The molecule has 0 radical (unpaired) electrons. The van der Waals surface area contributed by atoms with Crippen LogP contribution in [0.4, 0.5) is 0 Å².